The van der Waals surface area contributed by atoms with Crippen molar-refractivity contribution in [3.63, 3.8) is 0 Å². The molecule has 0 amide bonds. The average molecular weight is 290 g/mol. The zero-order chi connectivity index (χ0) is 14.5. The molecule has 1 aliphatic carbocycles. The van der Waals surface area contributed by atoms with Gasteiger partial charge >= 0.3 is 7.60 Å². The summed E-state index contributed by atoms with van der Waals surface area (Å²) < 4.78 is 24.0. The van der Waals surface area contributed by atoms with Gasteiger partial charge < -0.3 is 9.05 Å². The Hall–Kier alpha value is -0.180. The van der Waals surface area contributed by atoms with E-state index in [4.69, 9.17) is 9.05 Å². The van der Waals surface area contributed by atoms with Crippen LogP contribution in [0.2, 0.25) is 0 Å². The Labute approximate surface area is 116 Å². The van der Waals surface area contributed by atoms with Gasteiger partial charge in [0.2, 0.25) is 0 Å². The van der Waals surface area contributed by atoms with Crippen LogP contribution in [0.5, 0.6) is 0 Å². The zero-order valence-electron chi connectivity index (χ0n) is 12.6. The van der Waals surface area contributed by atoms with Crippen molar-refractivity contribution in [2.75, 3.05) is 13.2 Å². The highest BCUT2D eigenvalue weighted by atomic mass is 31.2. The Balaban J connectivity index is 2.76. The summed E-state index contributed by atoms with van der Waals surface area (Å²) in [4.78, 5) is 12.0. The van der Waals surface area contributed by atoms with Crippen molar-refractivity contribution in [2.45, 2.75) is 59.0 Å². The standard InChI is InChI=1S/C14H27O4P/c1-11(2)9-17-19(16,18-10-12(3)4)14-8-6-5-7-13(14)15/h11-12,14H,5-10H2,1-4H3. The van der Waals surface area contributed by atoms with Crippen LogP contribution in [-0.2, 0) is 18.4 Å². The van der Waals surface area contributed by atoms with Gasteiger partial charge in [-0.05, 0) is 24.7 Å². The van der Waals surface area contributed by atoms with E-state index in [1.807, 2.05) is 27.7 Å². The fourth-order valence-electron chi connectivity index (χ4n) is 2.02. The van der Waals surface area contributed by atoms with Crippen LogP contribution in [0, 0.1) is 11.8 Å². The van der Waals surface area contributed by atoms with Crippen LogP contribution in [0.3, 0.4) is 0 Å². The van der Waals surface area contributed by atoms with Crippen molar-refractivity contribution >= 4 is 13.4 Å². The lowest BCUT2D eigenvalue weighted by Crippen LogP contribution is -2.27. The molecule has 1 aliphatic rings. The van der Waals surface area contributed by atoms with E-state index in [1.165, 1.54) is 0 Å². The van der Waals surface area contributed by atoms with Crippen LogP contribution >= 0.6 is 7.60 Å². The maximum atomic E-state index is 12.9. The van der Waals surface area contributed by atoms with Crippen LogP contribution in [0.1, 0.15) is 53.4 Å². The maximum Gasteiger partial charge on any atom is 0.341 e. The largest absolute Gasteiger partial charge is 0.341 e. The summed E-state index contributed by atoms with van der Waals surface area (Å²) in [5.41, 5.74) is -0.543. The van der Waals surface area contributed by atoms with Crippen molar-refractivity contribution in [1.82, 2.24) is 0 Å². The molecule has 19 heavy (non-hydrogen) atoms. The molecular formula is C14H27O4P. The minimum atomic E-state index is -3.31. The molecule has 0 bridgehead atoms. The average Bonchev–Trinajstić information content (AvgIpc) is 2.34. The number of hydrogen-bond acceptors (Lipinski definition) is 4. The lowest BCUT2D eigenvalue weighted by atomic mass is 9.99. The van der Waals surface area contributed by atoms with Gasteiger partial charge in [0, 0.05) is 6.42 Å². The zero-order valence-corrected chi connectivity index (χ0v) is 13.4. The molecule has 1 atom stereocenters. The van der Waals surface area contributed by atoms with Gasteiger partial charge in [-0.1, -0.05) is 34.1 Å². The molecule has 0 aromatic heterocycles. The molecule has 112 valence electrons. The highest BCUT2D eigenvalue weighted by Gasteiger charge is 2.42. The van der Waals surface area contributed by atoms with Gasteiger partial charge in [-0.25, -0.2) is 0 Å². The van der Waals surface area contributed by atoms with Gasteiger partial charge in [-0.2, -0.15) is 0 Å². The predicted octanol–water partition coefficient (Wildman–Crippen LogP) is 4.04. The van der Waals surface area contributed by atoms with Crippen molar-refractivity contribution in [3.8, 4) is 0 Å². The van der Waals surface area contributed by atoms with E-state index < -0.39 is 13.3 Å². The number of hydrogen-bond donors (Lipinski definition) is 0. The van der Waals surface area contributed by atoms with Gasteiger partial charge in [-0.15, -0.1) is 0 Å². The number of rotatable bonds is 7. The van der Waals surface area contributed by atoms with E-state index in [0.29, 0.717) is 26.1 Å². The van der Waals surface area contributed by atoms with Crippen LogP contribution in [0.25, 0.3) is 0 Å². The molecule has 0 spiro atoms. The Kier molecular flexibility index (Phi) is 6.72. The van der Waals surface area contributed by atoms with Gasteiger partial charge in [-0.3, -0.25) is 9.36 Å². The van der Waals surface area contributed by atoms with E-state index in [2.05, 4.69) is 0 Å². The van der Waals surface area contributed by atoms with Crippen molar-refractivity contribution in [3.05, 3.63) is 0 Å². The second-order valence-corrected chi connectivity index (χ2v) is 8.37. The lowest BCUT2D eigenvalue weighted by molar-refractivity contribution is -0.120. The molecule has 1 fully saturated rings. The smallest absolute Gasteiger partial charge is 0.308 e. The molecule has 0 saturated heterocycles. The Bertz CT molecular complexity index is 322. The van der Waals surface area contributed by atoms with Crippen LogP contribution < -0.4 is 0 Å². The number of ketones is 1. The summed E-state index contributed by atoms with van der Waals surface area (Å²) >= 11 is 0. The second-order valence-electron chi connectivity index (χ2n) is 6.15. The summed E-state index contributed by atoms with van der Waals surface area (Å²) in [6.45, 7) is 8.73. The SMILES string of the molecule is CC(C)COP(=O)(OCC(C)C)C1CCCCC1=O. The predicted molar refractivity (Wildman–Crippen MR) is 76.4 cm³/mol. The van der Waals surface area contributed by atoms with E-state index in [9.17, 15) is 9.36 Å². The molecule has 0 N–H and O–H groups in total. The normalized spacial score (nSPS) is 21.4. The first-order chi connectivity index (χ1) is 8.85. The summed E-state index contributed by atoms with van der Waals surface area (Å²) in [5.74, 6) is 0.589. The molecule has 0 aromatic carbocycles. The quantitative estimate of drug-likeness (QED) is 0.664. The molecule has 0 radical (unpaired) electrons. The summed E-state index contributed by atoms with van der Waals surface area (Å²) in [6, 6.07) is 0. The second kappa shape index (κ2) is 7.56. The number of Topliss-reactive ketones (excluding diaryl/α,β-unsaturated/α-hetero) is 1. The summed E-state index contributed by atoms with van der Waals surface area (Å²) in [7, 11) is -3.31. The molecule has 1 saturated carbocycles. The van der Waals surface area contributed by atoms with Gasteiger partial charge in [0.15, 0.2) is 0 Å². The van der Waals surface area contributed by atoms with E-state index in [0.717, 1.165) is 12.8 Å². The third-order valence-corrected chi connectivity index (χ3v) is 5.41. The monoisotopic (exact) mass is 290 g/mol. The molecule has 4 nitrogen and oxygen atoms in total. The van der Waals surface area contributed by atoms with Crippen molar-refractivity contribution in [2.24, 2.45) is 11.8 Å². The van der Waals surface area contributed by atoms with Gasteiger partial charge in [0.05, 0.1) is 13.2 Å². The number of carbonyl (C=O) groups excluding carboxylic acids is 1. The molecule has 1 unspecified atom stereocenters. The Morgan fingerprint density at radius 2 is 1.63 bits per heavy atom. The fraction of sp³-hybridized carbons (Fsp3) is 0.929. The lowest BCUT2D eigenvalue weighted by Gasteiger charge is -2.29. The van der Waals surface area contributed by atoms with Gasteiger partial charge in [0.25, 0.3) is 0 Å². The topological polar surface area (TPSA) is 52.6 Å². The minimum absolute atomic E-state index is 0.0436. The summed E-state index contributed by atoms with van der Waals surface area (Å²) in [6.07, 6.45) is 2.96. The number of carbonyl (C=O) groups is 1. The molecule has 5 heteroatoms. The third-order valence-electron chi connectivity index (χ3n) is 3.08. The summed E-state index contributed by atoms with van der Waals surface area (Å²) in [5, 5.41) is 0. The van der Waals surface area contributed by atoms with Crippen LogP contribution in [0.15, 0.2) is 0 Å². The van der Waals surface area contributed by atoms with Crippen LogP contribution in [0.4, 0.5) is 0 Å². The molecule has 1 rings (SSSR count). The van der Waals surface area contributed by atoms with E-state index in [-0.39, 0.29) is 17.6 Å². The third kappa shape index (κ3) is 5.37. The highest BCUT2D eigenvalue weighted by Crippen LogP contribution is 2.56. The molecule has 0 heterocycles. The van der Waals surface area contributed by atoms with Crippen LogP contribution in [-0.4, -0.2) is 24.7 Å². The van der Waals surface area contributed by atoms with Crippen molar-refractivity contribution < 1.29 is 18.4 Å². The van der Waals surface area contributed by atoms with E-state index >= 15 is 0 Å². The first kappa shape index (κ1) is 16.9. The first-order valence-corrected chi connectivity index (χ1v) is 8.88. The molecule has 0 aromatic rings. The minimum Gasteiger partial charge on any atom is -0.308 e. The molecule has 0 aliphatic heterocycles. The van der Waals surface area contributed by atoms with E-state index in [1.54, 1.807) is 0 Å². The fourth-order valence-corrected chi connectivity index (χ4v) is 4.45. The molecular weight excluding hydrogens is 263 g/mol. The first-order valence-electron chi connectivity index (χ1n) is 7.26. The van der Waals surface area contributed by atoms with Gasteiger partial charge in [0.1, 0.15) is 11.4 Å². The maximum absolute atomic E-state index is 12.9. The Morgan fingerprint density at radius 3 is 2.05 bits per heavy atom. The highest BCUT2D eigenvalue weighted by molar-refractivity contribution is 7.55. The Morgan fingerprint density at radius 1 is 1.11 bits per heavy atom. The van der Waals surface area contributed by atoms with Crippen molar-refractivity contribution in [1.29, 1.82) is 0 Å².